The Balaban J connectivity index is 1.67. The van der Waals surface area contributed by atoms with E-state index in [9.17, 15) is 4.79 Å². The number of carbonyl (C=O) groups is 1. The Morgan fingerprint density at radius 3 is 2.92 bits per heavy atom. The molecule has 0 aliphatic carbocycles. The zero-order valence-electron chi connectivity index (χ0n) is 15.0. The minimum Gasteiger partial charge on any atom is -0.496 e. The van der Waals surface area contributed by atoms with Gasteiger partial charge in [-0.05, 0) is 56.7 Å². The van der Waals surface area contributed by atoms with Gasteiger partial charge in [0.25, 0.3) is 0 Å². The zero-order valence-corrected chi connectivity index (χ0v) is 15.0. The maximum absolute atomic E-state index is 12.9. The summed E-state index contributed by atoms with van der Waals surface area (Å²) in [5, 5.41) is 3.47. The fraction of sp³-hybridized carbons (Fsp3) is 0.650. The Morgan fingerprint density at radius 1 is 1.33 bits per heavy atom. The second-order valence-corrected chi connectivity index (χ2v) is 7.27. The number of para-hydroxylation sites is 1. The minimum absolute atomic E-state index is 0.172. The lowest BCUT2D eigenvalue weighted by atomic mass is 9.85. The molecule has 1 N–H and O–H groups in total. The number of carbonyl (C=O) groups excluding carboxylic acids is 1. The van der Waals surface area contributed by atoms with Crippen molar-refractivity contribution in [1.29, 1.82) is 0 Å². The predicted molar refractivity (Wildman–Crippen MR) is 96.1 cm³/mol. The molecule has 2 heterocycles. The van der Waals surface area contributed by atoms with Crippen LogP contribution in [0.15, 0.2) is 24.3 Å². The SMILES string of the molecule is COc1ccccc1C1CCCN1C(=O)CC(C)C1CCCNC1. The summed E-state index contributed by atoms with van der Waals surface area (Å²) in [5.41, 5.74) is 1.15. The first-order chi connectivity index (χ1) is 11.7. The molecule has 4 nitrogen and oxygen atoms in total. The summed E-state index contributed by atoms with van der Waals surface area (Å²) < 4.78 is 5.52. The van der Waals surface area contributed by atoms with Crippen LogP contribution in [-0.2, 0) is 4.79 Å². The highest BCUT2D eigenvalue weighted by Gasteiger charge is 2.33. The number of hydrogen-bond donors (Lipinski definition) is 1. The van der Waals surface area contributed by atoms with Gasteiger partial charge >= 0.3 is 0 Å². The average Bonchev–Trinajstić information content (AvgIpc) is 3.12. The number of ether oxygens (including phenoxy) is 1. The van der Waals surface area contributed by atoms with Crippen molar-refractivity contribution in [1.82, 2.24) is 10.2 Å². The summed E-state index contributed by atoms with van der Waals surface area (Å²) in [6, 6.07) is 8.29. The van der Waals surface area contributed by atoms with Gasteiger partial charge in [0.05, 0.1) is 13.2 Å². The molecule has 2 aliphatic heterocycles. The smallest absolute Gasteiger partial charge is 0.223 e. The molecule has 1 aromatic rings. The number of methoxy groups -OCH3 is 1. The van der Waals surface area contributed by atoms with Crippen molar-refractivity contribution in [2.75, 3.05) is 26.7 Å². The van der Waals surface area contributed by atoms with Crippen molar-refractivity contribution in [3.8, 4) is 5.75 Å². The maximum Gasteiger partial charge on any atom is 0.223 e. The maximum atomic E-state index is 12.9. The van der Waals surface area contributed by atoms with E-state index < -0.39 is 0 Å². The lowest BCUT2D eigenvalue weighted by Crippen LogP contribution is -2.37. The highest BCUT2D eigenvalue weighted by molar-refractivity contribution is 5.77. The Labute approximate surface area is 145 Å². The van der Waals surface area contributed by atoms with Crippen LogP contribution in [0.5, 0.6) is 5.75 Å². The van der Waals surface area contributed by atoms with Crippen LogP contribution in [0.1, 0.15) is 50.6 Å². The first-order valence-corrected chi connectivity index (χ1v) is 9.33. The molecular formula is C20H30N2O2. The van der Waals surface area contributed by atoms with E-state index in [2.05, 4.69) is 23.2 Å². The molecule has 3 rings (SSSR count). The Bertz CT molecular complexity index is 554. The van der Waals surface area contributed by atoms with Gasteiger partial charge in [-0.25, -0.2) is 0 Å². The second kappa shape index (κ2) is 8.02. The molecule has 2 fully saturated rings. The third kappa shape index (κ3) is 3.75. The molecule has 1 amide bonds. The van der Waals surface area contributed by atoms with E-state index in [0.717, 1.165) is 43.8 Å². The molecule has 0 bridgehead atoms. The van der Waals surface area contributed by atoms with Crippen molar-refractivity contribution in [2.45, 2.75) is 45.1 Å². The largest absolute Gasteiger partial charge is 0.496 e. The van der Waals surface area contributed by atoms with Gasteiger partial charge in [0, 0.05) is 18.5 Å². The highest BCUT2D eigenvalue weighted by atomic mass is 16.5. The summed E-state index contributed by atoms with van der Waals surface area (Å²) in [6.07, 6.45) is 5.26. The van der Waals surface area contributed by atoms with E-state index in [-0.39, 0.29) is 6.04 Å². The Morgan fingerprint density at radius 2 is 2.17 bits per heavy atom. The van der Waals surface area contributed by atoms with Crippen molar-refractivity contribution in [3.63, 3.8) is 0 Å². The molecule has 132 valence electrons. The quantitative estimate of drug-likeness (QED) is 0.900. The molecule has 2 aliphatic rings. The van der Waals surface area contributed by atoms with Crippen LogP contribution in [0.25, 0.3) is 0 Å². The van der Waals surface area contributed by atoms with Crippen LogP contribution >= 0.6 is 0 Å². The fourth-order valence-electron chi connectivity index (χ4n) is 4.25. The molecule has 1 aromatic carbocycles. The second-order valence-electron chi connectivity index (χ2n) is 7.27. The lowest BCUT2D eigenvalue weighted by molar-refractivity contribution is -0.133. The van der Waals surface area contributed by atoms with Crippen molar-refractivity contribution < 1.29 is 9.53 Å². The van der Waals surface area contributed by atoms with Gasteiger partial charge in [0.1, 0.15) is 5.75 Å². The number of likely N-dealkylation sites (tertiary alicyclic amines) is 1. The number of nitrogens with one attached hydrogen (secondary N) is 1. The van der Waals surface area contributed by atoms with Crippen LogP contribution in [-0.4, -0.2) is 37.6 Å². The van der Waals surface area contributed by atoms with E-state index >= 15 is 0 Å². The molecule has 3 atom stereocenters. The average molecular weight is 330 g/mol. The first kappa shape index (κ1) is 17.3. The molecule has 0 radical (unpaired) electrons. The molecule has 24 heavy (non-hydrogen) atoms. The summed E-state index contributed by atoms with van der Waals surface area (Å²) in [7, 11) is 1.71. The van der Waals surface area contributed by atoms with Gasteiger partial charge in [-0.3, -0.25) is 4.79 Å². The van der Waals surface area contributed by atoms with Gasteiger partial charge in [-0.2, -0.15) is 0 Å². The third-order valence-corrected chi connectivity index (χ3v) is 5.71. The number of piperidine rings is 1. The highest BCUT2D eigenvalue weighted by Crippen LogP contribution is 2.38. The van der Waals surface area contributed by atoms with Crippen LogP contribution in [0.4, 0.5) is 0 Å². The van der Waals surface area contributed by atoms with Gasteiger partial charge in [0.15, 0.2) is 0 Å². The van der Waals surface area contributed by atoms with E-state index in [0.29, 0.717) is 24.2 Å². The van der Waals surface area contributed by atoms with E-state index in [4.69, 9.17) is 4.74 Å². The molecule has 4 heteroatoms. The van der Waals surface area contributed by atoms with Crippen LogP contribution in [0, 0.1) is 11.8 Å². The van der Waals surface area contributed by atoms with Crippen molar-refractivity contribution >= 4 is 5.91 Å². The Kier molecular flexibility index (Phi) is 5.77. The van der Waals surface area contributed by atoms with Crippen LogP contribution < -0.4 is 10.1 Å². The predicted octanol–water partition coefficient (Wildman–Crippen LogP) is 3.38. The van der Waals surface area contributed by atoms with Crippen molar-refractivity contribution in [3.05, 3.63) is 29.8 Å². The standard InChI is InChI=1S/C20H30N2O2/c1-15(16-7-5-11-21-14-16)13-20(23)22-12-6-9-18(22)17-8-3-4-10-19(17)24-2/h3-4,8,10,15-16,18,21H,5-7,9,11-14H2,1-2H3. The first-order valence-electron chi connectivity index (χ1n) is 9.33. The van der Waals surface area contributed by atoms with Gasteiger partial charge in [-0.15, -0.1) is 0 Å². The number of hydrogen-bond acceptors (Lipinski definition) is 3. The van der Waals surface area contributed by atoms with Gasteiger partial charge in [0.2, 0.25) is 5.91 Å². The Hall–Kier alpha value is -1.55. The summed E-state index contributed by atoms with van der Waals surface area (Å²) >= 11 is 0. The molecular weight excluding hydrogens is 300 g/mol. The number of benzene rings is 1. The fourth-order valence-corrected chi connectivity index (χ4v) is 4.25. The zero-order chi connectivity index (χ0) is 16.9. The van der Waals surface area contributed by atoms with E-state index in [1.807, 2.05) is 18.2 Å². The topological polar surface area (TPSA) is 41.6 Å². The molecule has 0 aromatic heterocycles. The molecule has 3 unspecified atom stereocenters. The van der Waals surface area contributed by atoms with Crippen LogP contribution in [0.3, 0.4) is 0 Å². The lowest BCUT2D eigenvalue weighted by Gasteiger charge is -2.31. The molecule has 2 saturated heterocycles. The summed E-state index contributed by atoms with van der Waals surface area (Å²) in [4.78, 5) is 15.0. The molecule has 0 spiro atoms. The molecule has 0 saturated carbocycles. The van der Waals surface area contributed by atoms with Gasteiger partial charge in [-0.1, -0.05) is 25.1 Å². The van der Waals surface area contributed by atoms with Crippen LogP contribution in [0.2, 0.25) is 0 Å². The minimum atomic E-state index is 0.172. The number of amides is 1. The van der Waals surface area contributed by atoms with E-state index in [1.165, 1.54) is 12.8 Å². The summed E-state index contributed by atoms with van der Waals surface area (Å²) in [5.74, 6) is 2.28. The number of rotatable bonds is 5. The summed E-state index contributed by atoms with van der Waals surface area (Å²) in [6.45, 7) is 5.30. The monoisotopic (exact) mass is 330 g/mol. The third-order valence-electron chi connectivity index (χ3n) is 5.71. The number of nitrogens with zero attached hydrogens (tertiary/aromatic N) is 1. The van der Waals surface area contributed by atoms with Crippen molar-refractivity contribution in [2.24, 2.45) is 11.8 Å². The van der Waals surface area contributed by atoms with E-state index in [1.54, 1.807) is 7.11 Å². The van der Waals surface area contributed by atoms with Gasteiger partial charge < -0.3 is 15.0 Å². The normalized spacial score (nSPS) is 25.5.